The summed E-state index contributed by atoms with van der Waals surface area (Å²) in [6.07, 6.45) is 0.847. The van der Waals surface area contributed by atoms with Crippen LogP contribution in [-0.2, 0) is 6.42 Å². The topological polar surface area (TPSA) is 20.2 Å². The van der Waals surface area contributed by atoms with Crippen molar-refractivity contribution >= 4 is 33.0 Å². The molecule has 1 heterocycles. The number of halogens is 1. The summed E-state index contributed by atoms with van der Waals surface area (Å²) in [6, 6.07) is 3.64. The van der Waals surface area contributed by atoms with Gasteiger partial charge in [-0.15, -0.1) is 11.3 Å². The fourth-order valence-electron chi connectivity index (χ4n) is 1.39. The van der Waals surface area contributed by atoms with Gasteiger partial charge in [-0.25, -0.2) is 0 Å². The van der Waals surface area contributed by atoms with Crippen molar-refractivity contribution in [2.45, 2.75) is 13.3 Å². The summed E-state index contributed by atoms with van der Waals surface area (Å²) in [7, 11) is 0. The molecule has 1 aromatic carbocycles. The molecule has 13 heavy (non-hydrogen) atoms. The Morgan fingerprint density at radius 3 is 3.00 bits per heavy atom. The maximum atomic E-state index is 9.64. The van der Waals surface area contributed by atoms with E-state index in [0.717, 1.165) is 27.1 Å². The van der Waals surface area contributed by atoms with E-state index < -0.39 is 0 Å². The highest BCUT2D eigenvalue weighted by molar-refractivity contribution is 7.18. The van der Waals surface area contributed by atoms with Crippen LogP contribution in [0.2, 0.25) is 5.02 Å². The van der Waals surface area contributed by atoms with Gasteiger partial charge in [0, 0.05) is 5.39 Å². The van der Waals surface area contributed by atoms with E-state index >= 15 is 0 Å². The van der Waals surface area contributed by atoms with Crippen LogP contribution in [0.1, 0.15) is 12.5 Å². The van der Waals surface area contributed by atoms with Gasteiger partial charge in [0.1, 0.15) is 5.75 Å². The minimum atomic E-state index is 0.331. The van der Waals surface area contributed by atoms with Gasteiger partial charge in [-0.05, 0) is 29.5 Å². The Balaban J connectivity index is 2.85. The predicted molar refractivity (Wildman–Crippen MR) is 57.9 cm³/mol. The first-order valence-corrected chi connectivity index (χ1v) is 5.37. The van der Waals surface area contributed by atoms with E-state index in [1.54, 1.807) is 17.4 Å². The molecule has 2 rings (SSSR count). The number of hydrogen-bond acceptors (Lipinski definition) is 2. The first-order chi connectivity index (χ1) is 6.24. The van der Waals surface area contributed by atoms with Crippen LogP contribution < -0.4 is 0 Å². The second kappa shape index (κ2) is 3.20. The number of thiophene rings is 1. The number of aromatic hydroxyl groups is 1. The van der Waals surface area contributed by atoms with Gasteiger partial charge in [-0.3, -0.25) is 0 Å². The third kappa shape index (κ3) is 1.30. The summed E-state index contributed by atoms with van der Waals surface area (Å²) in [4.78, 5) is 0. The monoisotopic (exact) mass is 212 g/mol. The van der Waals surface area contributed by atoms with Gasteiger partial charge in [0.25, 0.3) is 0 Å². The minimum absolute atomic E-state index is 0.331. The van der Waals surface area contributed by atoms with Crippen LogP contribution in [-0.4, -0.2) is 5.11 Å². The highest BCUT2D eigenvalue weighted by Gasteiger charge is 2.09. The first kappa shape index (κ1) is 8.85. The van der Waals surface area contributed by atoms with Crippen LogP contribution in [0.4, 0.5) is 0 Å². The fraction of sp³-hybridized carbons (Fsp3) is 0.200. The second-order valence-electron chi connectivity index (χ2n) is 2.89. The molecule has 0 unspecified atom stereocenters. The summed E-state index contributed by atoms with van der Waals surface area (Å²) < 4.78 is 0.985. The smallest absolute Gasteiger partial charge is 0.124 e. The van der Waals surface area contributed by atoms with Crippen LogP contribution in [0.15, 0.2) is 17.5 Å². The first-order valence-electron chi connectivity index (χ1n) is 4.11. The van der Waals surface area contributed by atoms with E-state index in [0.29, 0.717) is 5.75 Å². The van der Waals surface area contributed by atoms with Crippen molar-refractivity contribution in [3.63, 3.8) is 0 Å². The molecule has 1 N–H and O–H groups in total. The summed E-state index contributed by atoms with van der Waals surface area (Å²) >= 11 is 7.72. The maximum absolute atomic E-state index is 9.64. The van der Waals surface area contributed by atoms with Crippen molar-refractivity contribution in [3.8, 4) is 5.75 Å². The molecule has 0 atom stereocenters. The fourth-order valence-corrected chi connectivity index (χ4v) is 2.69. The van der Waals surface area contributed by atoms with Crippen molar-refractivity contribution in [2.24, 2.45) is 0 Å². The van der Waals surface area contributed by atoms with Gasteiger partial charge in [0.15, 0.2) is 0 Å². The summed E-state index contributed by atoms with van der Waals surface area (Å²) in [5.74, 6) is 0.331. The standard InChI is InChI=1S/C10H9ClOS/c1-2-6-5-8(12)7-3-4-13-10(7)9(6)11/h3-5,12H,2H2,1H3. The van der Waals surface area contributed by atoms with Crippen molar-refractivity contribution in [2.75, 3.05) is 0 Å². The average Bonchev–Trinajstić information content (AvgIpc) is 2.60. The molecule has 0 spiro atoms. The normalized spacial score (nSPS) is 10.9. The highest BCUT2D eigenvalue weighted by Crippen LogP contribution is 2.37. The number of fused-ring (bicyclic) bond motifs is 1. The van der Waals surface area contributed by atoms with Crippen LogP contribution in [0.25, 0.3) is 10.1 Å². The molecule has 0 radical (unpaired) electrons. The Morgan fingerprint density at radius 1 is 1.54 bits per heavy atom. The van der Waals surface area contributed by atoms with Crippen molar-refractivity contribution in [3.05, 3.63) is 28.1 Å². The van der Waals surface area contributed by atoms with E-state index in [-0.39, 0.29) is 0 Å². The lowest BCUT2D eigenvalue weighted by atomic mass is 10.1. The van der Waals surface area contributed by atoms with Gasteiger partial charge >= 0.3 is 0 Å². The number of rotatable bonds is 1. The van der Waals surface area contributed by atoms with Crippen LogP contribution in [0.5, 0.6) is 5.75 Å². The third-order valence-electron chi connectivity index (χ3n) is 2.11. The lowest BCUT2D eigenvalue weighted by Gasteiger charge is -2.03. The Labute approximate surface area is 85.6 Å². The van der Waals surface area contributed by atoms with Gasteiger partial charge in [-0.1, -0.05) is 18.5 Å². The van der Waals surface area contributed by atoms with Gasteiger partial charge in [0.2, 0.25) is 0 Å². The number of phenolic OH excluding ortho intramolecular Hbond substituents is 1. The molecule has 0 aliphatic carbocycles. The number of benzene rings is 1. The van der Waals surface area contributed by atoms with E-state index in [4.69, 9.17) is 11.6 Å². The summed E-state index contributed by atoms with van der Waals surface area (Å²) in [5.41, 5.74) is 1.01. The molecule has 1 nitrogen and oxygen atoms in total. The molecule has 0 aliphatic rings. The molecular formula is C10H9ClOS. The third-order valence-corrected chi connectivity index (χ3v) is 3.59. The molecular weight excluding hydrogens is 204 g/mol. The van der Waals surface area contributed by atoms with Crippen molar-refractivity contribution in [1.82, 2.24) is 0 Å². The molecule has 0 fully saturated rings. The molecule has 0 aliphatic heterocycles. The van der Waals surface area contributed by atoms with E-state index in [1.165, 1.54) is 0 Å². The minimum Gasteiger partial charge on any atom is -0.507 e. The van der Waals surface area contributed by atoms with Crippen molar-refractivity contribution < 1.29 is 5.11 Å². The number of hydrogen-bond donors (Lipinski definition) is 1. The second-order valence-corrected chi connectivity index (χ2v) is 4.18. The molecule has 0 bridgehead atoms. The van der Waals surface area contributed by atoms with Crippen LogP contribution >= 0.6 is 22.9 Å². The predicted octanol–water partition coefficient (Wildman–Crippen LogP) is 3.82. The van der Waals surface area contributed by atoms with Gasteiger partial charge < -0.3 is 5.11 Å². The summed E-state index contributed by atoms with van der Waals surface area (Å²) in [5, 5.41) is 13.2. The Kier molecular flexibility index (Phi) is 2.18. The zero-order valence-corrected chi connectivity index (χ0v) is 8.75. The van der Waals surface area contributed by atoms with E-state index in [1.807, 2.05) is 18.4 Å². The maximum Gasteiger partial charge on any atom is 0.124 e. The van der Waals surface area contributed by atoms with Crippen molar-refractivity contribution in [1.29, 1.82) is 0 Å². The van der Waals surface area contributed by atoms with E-state index in [2.05, 4.69) is 0 Å². The molecule has 1 aromatic heterocycles. The quantitative estimate of drug-likeness (QED) is 0.762. The molecule has 2 aromatic rings. The summed E-state index contributed by atoms with van der Waals surface area (Å²) in [6.45, 7) is 2.03. The van der Waals surface area contributed by atoms with E-state index in [9.17, 15) is 5.11 Å². The van der Waals surface area contributed by atoms with Gasteiger partial charge in [-0.2, -0.15) is 0 Å². The molecule has 0 saturated carbocycles. The Morgan fingerprint density at radius 2 is 2.31 bits per heavy atom. The average molecular weight is 213 g/mol. The number of aryl methyl sites for hydroxylation is 1. The van der Waals surface area contributed by atoms with Crippen LogP contribution in [0.3, 0.4) is 0 Å². The lowest BCUT2D eigenvalue weighted by molar-refractivity contribution is 0.481. The molecule has 68 valence electrons. The van der Waals surface area contributed by atoms with Crippen LogP contribution in [0, 0.1) is 0 Å². The zero-order valence-electron chi connectivity index (χ0n) is 7.17. The molecule has 3 heteroatoms. The SMILES string of the molecule is CCc1cc(O)c2ccsc2c1Cl. The number of phenols is 1. The molecule has 0 saturated heterocycles. The highest BCUT2D eigenvalue weighted by atomic mass is 35.5. The Bertz CT molecular complexity index is 447. The largest absolute Gasteiger partial charge is 0.507 e. The van der Waals surface area contributed by atoms with Gasteiger partial charge in [0.05, 0.1) is 9.72 Å². The lowest BCUT2D eigenvalue weighted by Crippen LogP contribution is -1.82. The zero-order chi connectivity index (χ0) is 9.42. The Hall–Kier alpha value is -0.730. The molecule has 0 amide bonds.